The van der Waals surface area contributed by atoms with Gasteiger partial charge in [0.1, 0.15) is 0 Å². The van der Waals surface area contributed by atoms with E-state index in [-0.39, 0.29) is 30.0 Å². The molecule has 0 spiro atoms. The first-order valence-corrected chi connectivity index (χ1v) is 9.56. The van der Waals surface area contributed by atoms with Gasteiger partial charge >= 0.3 is 6.03 Å². The quantitative estimate of drug-likeness (QED) is 0.886. The second-order valence-corrected chi connectivity index (χ2v) is 7.41. The second-order valence-electron chi connectivity index (χ2n) is 7.41. The number of hydrogen-bond acceptors (Lipinski definition) is 4. The number of piperidine rings is 1. The highest BCUT2D eigenvalue weighted by Gasteiger charge is 2.45. The number of nitrogens with zero attached hydrogens (tertiary/aromatic N) is 3. The Morgan fingerprint density at radius 1 is 1.31 bits per heavy atom. The first-order chi connectivity index (χ1) is 12.7. The molecule has 0 bridgehead atoms. The third-order valence-corrected chi connectivity index (χ3v) is 5.69. The van der Waals surface area contributed by atoms with Gasteiger partial charge in [0, 0.05) is 45.2 Å². The van der Waals surface area contributed by atoms with Crippen LogP contribution in [0.4, 0.5) is 4.79 Å². The fourth-order valence-electron chi connectivity index (χ4n) is 4.28. The number of fused-ring (bicyclic) bond motifs is 1. The molecule has 0 radical (unpaired) electrons. The number of urea groups is 1. The SMILES string of the molecule is O=C(NCc1cccnc1)[C@H]1C[C@H]2OCC[C@H]2N(C(=O)N2CCCC2)C1. The maximum Gasteiger partial charge on any atom is 0.320 e. The van der Waals surface area contributed by atoms with E-state index in [0.29, 0.717) is 26.1 Å². The molecule has 3 fully saturated rings. The number of aromatic nitrogens is 1. The summed E-state index contributed by atoms with van der Waals surface area (Å²) in [5.74, 6) is -0.236. The first-order valence-electron chi connectivity index (χ1n) is 9.56. The Bertz CT molecular complexity index is 647. The van der Waals surface area contributed by atoms with E-state index in [9.17, 15) is 9.59 Å². The number of hydrogen-bond donors (Lipinski definition) is 1. The molecule has 3 amide bonds. The summed E-state index contributed by atoms with van der Waals surface area (Å²) in [7, 11) is 0. The number of carbonyl (C=O) groups excluding carboxylic acids is 2. The van der Waals surface area contributed by atoms with Crippen molar-refractivity contribution in [3.05, 3.63) is 30.1 Å². The first kappa shape index (κ1) is 17.3. The molecule has 4 heterocycles. The normalized spacial score (nSPS) is 28.1. The zero-order valence-corrected chi connectivity index (χ0v) is 15.0. The third kappa shape index (κ3) is 3.53. The number of pyridine rings is 1. The molecule has 3 aliphatic rings. The highest BCUT2D eigenvalue weighted by atomic mass is 16.5. The number of nitrogens with one attached hydrogen (secondary N) is 1. The Hall–Kier alpha value is -2.15. The molecular weight excluding hydrogens is 332 g/mol. The lowest BCUT2D eigenvalue weighted by Crippen LogP contribution is -2.57. The van der Waals surface area contributed by atoms with E-state index in [0.717, 1.165) is 37.9 Å². The van der Waals surface area contributed by atoms with Crippen molar-refractivity contribution in [3.63, 3.8) is 0 Å². The van der Waals surface area contributed by atoms with Crippen molar-refractivity contribution in [2.75, 3.05) is 26.2 Å². The van der Waals surface area contributed by atoms with Crippen molar-refractivity contribution in [1.82, 2.24) is 20.1 Å². The van der Waals surface area contributed by atoms with Gasteiger partial charge in [-0.25, -0.2) is 4.79 Å². The van der Waals surface area contributed by atoms with E-state index in [1.54, 1.807) is 12.4 Å². The lowest BCUT2D eigenvalue weighted by Gasteiger charge is -2.41. The topological polar surface area (TPSA) is 74.8 Å². The zero-order chi connectivity index (χ0) is 17.9. The zero-order valence-electron chi connectivity index (χ0n) is 15.0. The van der Waals surface area contributed by atoms with Crippen molar-refractivity contribution < 1.29 is 14.3 Å². The van der Waals surface area contributed by atoms with Crippen molar-refractivity contribution in [2.45, 2.75) is 44.4 Å². The van der Waals surface area contributed by atoms with Crippen LogP contribution in [0.25, 0.3) is 0 Å². The average Bonchev–Trinajstić information content (AvgIpc) is 3.37. The largest absolute Gasteiger partial charge is 0.376 e. The smallest absolute Gasteiger partial charge is 0.320 e. The van der Waals surface area contributed by atoms with Crippen LogP contribution in [0, 0.1) is 5.92 Å². The summed E-state index contributed by atoms with van der Waals surface area (Å²) in [6.45, 7) is 3.26. The third-order valence-electron chi connectivity index (χ3n) is 5.69. The van der Waals surface area contributed by atoms with Crippen molar-refractivity contribution >= 4 is 11.9 Å². The van der Waals surface area contributed by atoms with Gasteiger partial charge < -0.3 is 19.9 Å². The summed E-state index contributed by atoms with van der Waals surface area (Å²) in [5, 5.41) is 2.99. The summed E-state index contributed by atoms with van der Waals surface area (Å²) in [6, 6.07) is 3.99. The Balaban J connectivity index is 1.41. The van der Waals surface area contributed by atoms with E-state index in [1.165, 1.54) is 0 Å². The number of likely N-dealkylation sites (tertiary alicyclic amines) is 2. The molecule has 1 N–H and O–H groups in total. The van der Waals surface area contributed by atoms with Crippen LogP contribution in [0.2, 0.25) is 0 Å². The minimum Gasteiger partial charge on any atom is -0.376 e. The fraction of sp³-hybridized carbons (Fsp3) is 0.632. The van der Waals surface area contributed by atoms with Crippen LogP contribution in [0.5, 0.6) is 0 Å². The highest BCUT2D eigenvalue weighted by molar-refractivity contribution is 5.81. The summed E-state index contributed by atoms with van der Waals surface area (Å²) in [5.41, 5.74) is 0.969. The molecule has 140 valence electrons. The lowest BCUT2D eigenvalue weighted by atomic mass is 9.89. The Labute approximate surface area is 153 Å². The fourth-order valence-corrected chi connectivity index (χ4v) is 4.28. The van der Waals surface area contributed by atoms with Crippen LogP contribution in [-0.4, -0.2) is 65.1 Å². The molecule has 26 heavy (non-hydrogen) atoms. The Kier molecular flexibility index (Phi) is 5.06. The minimum atomic E-state index is -0.224. The molecule has 0 aromatic carbocycles. The molecule has 7 heteroatoms. The minimum absolute atomic E-state index is 0.0120. The molecule has 4 rings (SSSR count). The van der Waals surface area contributed by atoms with E-state index < -0.39 is 0 Å². The predicted octanol–water partition coefficient (Wildman–Crippen LogP) is 1.39. The average molecular weight is 358 g/mol. The van der Waals surface area contributed by atoms with Crippen LogP contribution in [0.3, 0.4) is 0 Å². The van der Waals surface area contributed by atoms with Gasteiger partial charge in [-0.1, -0.05) is 6.07 Å². The Morgan fingerprint density at radius 3 is 2.92 bits per heavy atom. The van der Waals surface area contributed by atoms with E-state index in [2.05, 4.69) is 10.3 Å². The van der Waals surface area contributed by atoms with Gasteiger partial charge in [-0.2, -0.15) is 0 Å². The molecule has 3 saturated heterocycles. The number of rotatable bonds is 3. The second kappa shape index (κ2) is 7.61. The van der Waals surface area contributed by atoms with Gasteiger partial charge in [-0.05, 0) is 37.3 Å². The van der Waals surface area contributed by atoms with Crippen LogP contribution in [0.1, 0.15) is 31.2 Å². The van der Waals surface area contributed by atoms with Crippen LogP contribution in [0.15, 0.2) is 24.5 Å². The van der Waals surface area contributed by atoms with Gasteiger partial charge in [-0.15, -0.1) is 0 Å². The number of carbonyl (C=O) groups is 2. The van der Waals surface area contributed by atoms with Gasteiger partial charge in [0.15, 0.2) is 0 Å². The van der Waals surface area contributed by atoms with E-state index in [1.807, 2.05) is 21.9 Å². The maximum absolute atomic E-state index is 12.9. The summed E-state index contributed by atoms with van der Waals surface area (Å²) >= 11 is 0. The molecule has 3 aliphatic heterocycles. The van der Waals surface area contributed by atoms with Gasteiger partial charge in [0.2, 0.25) is 5.91 Å². The molecular formula is C19H26N4O3. The molecule has 7 nitrogen and oxygen atoms in total. The van der Waals surface area contributed by atoms with Crippen molar-refractivity contribution in [3.8, 4) is 0 Å². The van der Waals surface area contributed by atoms with Crippen molar-refractivity contribution in [2.24, 2.45) is 5.92 Å². The standard InChI is InChI=1S/C19H26N4O3/c24-18(21-12-14-4-3-6-20-11-14)15-10-17-16(5-9-26-17)23(13-15)19(25)22-7-1-2-8-22/h3-4,6,11,15-17H,1-2,5,7-10,12-13H2,(H,21,24)/t15-,16+,17+/m0/s1. The number of ether oxygens (including phenoxy) is 1. The summed E-state index contributed by atoms with van der Waals surface area (Å²) in [6.07, 6.45) is 7.14. The summed E-state index contributed by atoms with van der Waals surface area (Å²) < 4.78 is 5.84. The number of amides is 3. The van der Waals surface area contributed by atoms with Crippen molar-refractivity contribution in [1.29, 1.82) is 0 Å². The molecule has 1 aromatic rings. The highest BCUT2D eigenvalue weighted by Crippen LogP contribution is 2.32. The Morgan fingerprint density at radius 2 is 2.15 bits per heavy atom. The van der Waals surface area contributed by atoms with E-state index >= 15 is 0 Å². The van der Waals surface area contributed by atoms with Crippen LogP contribution >= 0.6 is 0 Å². The van der Waals surface area contributed by atoms with Crippen LogP contribution in [-0.2, 0) is 16.1 Å². The maximum atomic E-state index is 12.9. The van der Waals surface area contributed by atoms with Gasteiger partial charge in [0.05, 0.1) is 18.1 Å². The molecule has 0 saturated carbocycles. The van der Waals surface area contributed by atoms with Crippen LogP contribution < -0.4 is 5.32 Å². The molecule has 1 aromatic heterocycles. The monoisotopic (exact) mass is 358 g/mol. The van der Waals surface area contributed by atoms with Gasteiger partial charge in [-0.3, -0.25) is 9.78 Å². The predicted molar refractivity (Wildman–Crippen MR) is 95.2 cm³/mol. The van der Waals surface area contributed by atoms with E-state index in [4.69, 9.17) is 4.74 Å². The molecule has 0 aliphatic carbocycles. The molecule has 3 atom stereocenters. The lowest BCUT2D eigenvalue weighted by molar-refractivity contribution is -0.128. The molecule has 0 unspecified atom stereocenters. The van der Waals surface area contributed by atoms with Gasteiger partial charge in [0.25, 0.3) is 0 Å². The summed E-state index contributed by atoms with van der Waals surface area (Å²) in [4.78, 5) is 33.6.